The summed E-state index contributed by atoms with van der Waals surface area (Å²) in [6.07, 6.45) is 3.55. The number of halogens is 2. The molecule has 0 bridgehead atoms. The van der Waals surface area contributed by atoms with Crippen molar-refractivity contribution in [3.05, 3.63) is 98.2 Å². The molecule has 2 aliphatic heterocycles. The Hall–Kier alpha value is -2.79. The van der Waals surface area contributed by atoms with Crippen LogP contribution in [0.3, 0.4) is 0 Å². The topological polar surface area (TPSA) is 38.8 Å². The standard InChI is InChI=1S/C27H23Cl2NO3/c1-2-17-3-5-18(6-4-17)13-25-26(31)21-9-10-24-22(27(21)33-25)15-30(16-32-24)12-11-19-7-8-20(28)14-23(19)29/h3-10,13-14H,2,11-12,15-16H2,1H3/b25-13-. The molecule has 0 atom stereocenters. The Morgan fingerprint density at radius 3 is 2.64 bits per heavy atom. The Balaban J connectivity index is 1.34. The van der Waals surface area contributed by atoms with Gasteiger partial charge in [-0.1, -0.05) is 60.5 Å². The Bertz CT molecular complexity index is 1250. The van der Waals surface area contributed by atoms with Gasteiger partial charge in [-0.05, 0) is 59.9 Å². The molecule has 0 aliphatic carbocycles. The van der Waals surface area contributed by atoms with E-state index in [2.05, 4.69) is 24.0 Å². The first-order valence-corrected chi connectivity index (χ1v) is 11.8. The largest absolute Gasteiger partial charge is 0.478 e. The molecule has 0 fully saturated rings. The number of rotatable bonds is 5. The number of ether oxygens (including phenoxy) is 2. The van der Waals surface area contributed by atoms with Crippen LogP contribution in [0.25, 0.3) is 6.08 Å². The fourth-order valence-electron chi connectivity index (χ4n) is 4.15. The summed E-state index contributed by atoms with van der Waals surface area (Å²) in [5.74, 6) is 1.60. The van der Waals surface area contributed by atoms with Gasteiger partial charge in [0.05, 0.1) is 11.1 Å². The highest BCUT2D eigenvalue weighted by Crippen LogP contribution is 2.42. The number of carbonyl (C=O) groups is 1. The minimum Gasteiger partial charge on any atom is -0.478 e. The third-order valence-electron chi connectivity index (χ3n) is 6.08. The van der Waals surface area contributed by atoms with E-state index in [4.69, 9.17) is 32.7 Å². The summed E-state index contributed by atoms with van der Waals surface area (Å²) in [6.45, 7) is 3.98. The molecule has 0 amide bonds. The summed E-state index contributed by atoms with van der Waals surface area (Å²) in [5, 5.41) is 1.29. The molecule has 5 rings (SSSR count). The Morgan fingerprint density at radius 2 is 1.88 bits per heavy atom. The van der Waals surface area contributed by atoms with Crippen LogP contribution in [0.4, 0.5) is 0 Å². The number of hydrogen-bond donors (Lipinski definition) is 0. The van der Waals surface area contributed by atoms with Crippen LogP contribution in [0.15, 0.2) is 60.4 Å². The van der Waals surface area contributed by atoms with E-state index >= 15 is 0 Å². The first-order chi connectivity index (χ1) is 16.0. The fraction of sp³-hybridized carbons (Fsp3) is 0.222. The molecule has 0 saturated heterocycles. The molecule has 0 spiro atoms. The highest BCUT2D eigenvalue weighted by molar-refractivity contribution is 6.35. The van der Waals surface area contributed by atoms with Crippen LogP contribution in [-0.4, -0.2) is 24.0 Å². The molecule has 3 aromatic rings. The summed E-state index contributed by atoms with van der Waals surface area (Å²) in [4.78, 5) is 15.2. The molecule has 0 radical (unpaired) electrons. The monoisotopic (exact) mass is 479 g/mol. The molecule has 2 heterocycles. The normalized spacial score (nSPS) is 16.3. The summed E-state index contributed by atoms with van der Waals surface area (Å²) in [6, 6.07) is 17.4. The molecule has 2 aliphatic rings. The lowest BCUT2D eigenvalue weighted by molar-refractivity contribution is 0.0950. The number of benzene rings is 3. The molecule has 0 aromatic heterocycles. The van der Waals surface area contributed by atoms with E-state index in [1.807, 2.05) is 30.3 Å². The van der Waals surface area contributed by atoms with E-state index in [1.54, 1.807) is 18.2 Å². The highest BCUT2D eigenvalue weighted by atomic mass is 35.5. The van der Waals surface area contributed by atoms with Gasteiger partial charge in [0, 0.05) is 23.1 Å². The van der Waals surface area contributed by atoms with Gasteiger partial charge >= 0.3 is 0 Å². The zero-order valence-electron chi connectivity index (χ0n) is 18.2. The van der Waals surface area contributed by atoms with E-state index in [0.717, 1.165) is 41.8 Å². The lowest BCUT2D eigenvalue weighted by Gasteiger charge is -2.29. The van der Waals surface area contributed by atoms with Gasteiger partial charge in [-0.15, -0.1) is 0 Å². The van der Waals surface area contributed by atoms with E-state index in [9.17, 15) is 4.79 Å². The molecule has 0 saturated carbocycles. The van der Waals surface area contributed by atoms with Crippen LogP contribution in [0.5, 0.6) is 11.5 Å². The molecule has 6 heteroatoms. The Morgan fingerprint density at radius 1 is 1.06 bits per heavy atom. The van der Waals surface area contributed by atoms with E-state index in [-0.39, 0.29) is 5.78 Å². The quantitative estimate of drug-likeness (QED) is 0.388. The second-order valence-corrected chi connectivity index (χ2v) is 9.11. The highest BCUT2D eigenvalue weighted by Gasteiger charge is 2.33. The predicted molar refractivity (Wildman–Crippen MR) is 131 cm³/mol. The van der Waals surface area contributed by atoms with Crippen LogP contribution in [0.2, 0.25) is 10.0 Å². The first-order valence-electron chi connectivity index (χ1n) is 11.0. The van der Waals surface area contributed by atoms with Gasteiger partial charge in [0.15, 0.2) is 5.76 Å². The number of aryl methyl sites for hydroxylation is 1. The average molecular weight is 480 g/mol. The van der Waals surface area contributed by atoms with Crippen molar-refractivity contribution in [3.63, 3.8) is 0 Å². The zero-order valence-corrected chi connectivity index (χ0v) is 19.7. The molecule has 0 unspecified atom stereocenters. The second-order valence-electron chi connectivity index (χ2n) is 8.27. The van der Waals surface area contributed by atoms with Gasteiger partial charge in [-0.25, -0.2) is 0 Å². The summed E-state index contributed by atoms with van der Waals surface area (Å²) in [7, 11) is 0. The molecule has 168 valence electrons. The first kappa shape index (κ1) is 22.0. The number of hydrogen-bond acceptors (Lipinski definition) is 4. The maximum absolute atomic E-state index is 13.0. The van der Waals surface area contributed by atoms with E-state index in [0.29, 0.717) is 40.4 Å². The van der Waals surface area contributed by atoms with Gasteiger partial charge in [0.1, 0.15) is 18.2 Å². The Labute approximate surface area is 203 Å². The number of fused-ring (bicyclic) bond motifs is 3. The number of allylic oxidation sites excluding steroid dienone is 1. The zero-order chi connectivity index (χ0) is 22.9. The maximum atomic E-state index is 13.0. The van der Waals surface area contributed by atoms with Crippen molar-refractivity contribution < 1.29 is 14.3 Å². The van der Waals surface area contributed by atoms with Crippen LogP contribution in [0.1, 0.15) is 39.5 Å². The van der Waals surface area contributed by atoms with Crippen LogP contribution < -0.4 is 9.47 Å². The minimum absolute atomic E-state index is 0.0996. The molecular formula is C27H23Cl2NO3. The molecular weight excluding hydrogens is 457 g/mol. The SMILES string of the molecule is CCc1ccc(/C=C2\Oc3c(ccc4c3CN(CCc3ccc(Cl)cc3Cl)CO4)C2=O)cc1. The lowest BCUT2D eigenvalue weighted by atomic mass is 10.0. The van der Waals surface area contributed by atoms with Crippen molar-refractivity contribution in [2.45, 2.75) is 26.3 Å². The van der Waals surface area contributed by atoms with E-state index in [1.165, 1.54) is 5.56 Å². The average Bonchev–Trinajstić information content (AvgIpc) is 3.14. The van der Waals surface area contributed by atoms with Gasteiger partial charge in [0.2, 0.25) is 5.78 Å². The van der Waals surface area contributed by atoms with Crippen molar-refractivity contribution >= 4 is 35.1 Å². The Kier molecular flexibility index (Phi) is 6.15. The summed E-state index contributed by atoms with van der Waals surface area (Å²) < 4.78 is 12.1. The molecule has 4 nitrogen and oxygen atoms in total. The second kappa shape index (κ2) is 9.22. The summed E-state index contributed by atoms with van der Waals surface area (Å²) in [5.41, 5.74) is 4.71. The lowest BCUT2D eigenvalue weighted by Crippen LogP contribution is -2.33. The fourth-order valence-corrected chi connectivity index (χ4v) is 4.65. The molecule has 3 aromatic carbocycles. The molecule has 0 N–H and O–H groups in total. The van der Waals surface area contributed by atoms with Gasteiger partial charge in [0.25, 0.3) is 0 Å². The maximum Gasteiger partial charge on any atom is 0.231 e. The third-order valence-corrected chi connectivity index (χ3v) is 6.67. The van der Waals surface area contributed by atoms with Crippen LogP contribution in [-0.2, 0) is 19.4 Å². The third kappa shape index (κ3) is 4.51. The van der Waals surface area contributed by atoms with Crippen LogP contribution in [0, 0.1) is 0 Å². The van der Waals surface area contributed by atoms with Crippen molar-refractivity contribution in [1.29, 1.82) is 0 Å². The minimum atomic E-state index is -0.0996. The number of carbonyl (C=O) groups excluding carboxylic acids is 1. The smallest absolute Gasteiger partial charge is 0.231 e. The van der Waals surface area contributed by atoms with Crippen molar-refractivity contribution in [2.24, 2.45) is 0 Å². The molecule has 33 heavy (non-hydrogen) atoms. The van der Waals surface area contributed by atoms with Crippen molar-refractivity contribution in [1.82, 2.24) is 4.90 Å². The van der Waals surface area contributed by atoms with Crippen molar-refractivity contribution in [3.8, 4) is 11.5 Å². The van der Waals surface area contributed by atoms with Gasteiger partial charge in [-0.2, -0.15) is 0 Å². The summed E-state index contributed by atoms with van der Waals surface area (Å²) >= 11 is 12.3. The van der Waals surface area contributed by atoms with Gasteiger partial charge in [-0.3, -0.25) is 9.69 Å². The van der Waals surface area contributed by atoms with E-state index < -0.39 is 0 Å². The number of ketones is 1. The van der Waals surface area contributed by atoms with Crippen molar-refractivity contribution in [2.75, 3.05) is 13.3 Å². The van der Waals surface area contributed by atoms with Gasteiger partial charge < -0.3 is 9.47 Å². The predicted octanol–water partition coefficient (Wildman–Crippen LogP) is 6.57. The number of nitrogens with zero attached hydrogens (tertiary/aromatic N) is 1. The van der Waals surface area contributed by atoms with Crippen LogP contribution >= 0.6 is 23.2 Å². The number of Topliss-reactive ketones (excluding diaryl/α,β-unsaturated/α-hetero) is 1.